The summed E-state index contributed by atoms with van der Waals surface area (Å²) >= 11 is 7.37. The highest BCUT2D eigenvalue weighted by Gasteiger charge is 2.18. The van der Waals surface area contributed by atoms with Gasteiger partial charge in [-0.05, 0) is 48.0 Å². The average molecular weight is 474 g/mol. The van der Waals surface area contributed by atoms with Crippen molar-refractivity contribution in [2.45, 2.75) is 11.5 Å². The van der Waals surface area contributed by atoms with Crippen LogP contribution < -0.4 is 4.74 Å². The standard InChI is InChI=1S/C23H17ClFNO3S2/c1-31(27,28)18-11-9-15(10-12-18)23-22(19-7-2-3-8-20(19)25)26-21(30-23)14-29-17-6-4-5-16(24)13-17/h2-13H,14H2,1H3. The van der Waals surface area contributed by atoms with Crippen LogP contribution in [0.5, 0.6) is 5.75 Å². The predicted octanol–water partition coefficient (Wildman–Crippen LogP) is 6.25. The molecule has 4 aromatic rings. The van der Waals surface area contributed by atoms with Crippen LogP contribution in [0.1, 0.15) is 5.01 Å². The lowest BCUT2D eigenvalue weighted by Gasteiger charge is -2.05. The number of ether oxygens (including phenoxy) is 1. The van der Waals surface area contributed by atoms with Crippen LogP contribution in [0.15, 0.2) is 77.7 Å². The molecule has 0 unspecified atom stereocenters. The van der Waals surface area contributed by atoms with Crippen LogP contribution in [0.25, 0.3) is 21.7 Å². The molecular weight excluding hydrogens is 457 g/mol. The molecule has 0 aliphatic heterocycles. The number of hydrogen-bond acceptors (Lipinski definition) is 5. The fourth-order valence-electron chi connectivity index (χ4n) is 3.01. The highest BCUT2D eigenvalue weighted by molar-refractivity contribution is 7.90. The number of thiazole rings is 1. The minimum absolute atomic E-state index is 0.188. The summed E-state index contributed by atoms with van der Waals surface area (Å²) in [5.74, 6) is 0.221. The van der Waals surface area contributed by atoms with Crippen molar-refractivity contribution in [2.75, 3.05) is 6.26 Å². The van der Waals surface area contributed by atoms with E-state index in [0.29, 0.717) is 27.0 Å². The van der Waals surface area contributed by atoms with Gasteiger partial charge in [-0.2, -0.15) is 0 Å². The minimum Gasteiger partial charge on any atom is -0.486 e. The van der Waals surface area contributed by atoms with E-state index in [1.165, 1.54) is 29.5 Å². The summed E-state index contributed by atoms with van der Waals surface area (Å²) in [6.07, 6.45) is 1.16. The van der Waals surface area contributed by atoms with E-state index in [0.717, 1.165) is 16.7 Å². The number of aromatic nitrogens is 1. The van der Waals surface area contributed by atoms with Gasteiger partial charge in [-0.15, -0.1) is 11.3 Å². The number of benzene rings is 3. The molecule has 0 atom stereocenters. The van der Waals surface area contributed by atoms with Gasteiger partial charge in [0.15, 0.2) is 9.84 Å². The zero-order valence-electron chi connectivity index (χ0n) is 16.4. The maximum atomic E-state index is 14.5. The van der Waals surface area contributed by atoms with Gasteiger partial charge in [0.2, 0.25) is 0 Å². The third-order valence-corrected chi connectivity index (χ3v) is 6.94. The van der Waals surface area contributed by atoms with Crippen molar-refractivity contribution >= 4 is 32.8 Å². The molecule has 0 saturated heterocycles. The highest BCUT2D eigenvalue weighted by atomic mass is 35.5. The van der Waals surface area contributed by atoms with Crippen LogP contribution in [0, 0.1) is 5.82 Å². The Labute approximate surface area is 188 Å². The molecule has 0 N–H and O–H groups in total. The van der Waals surface area contributed by atoms with Crippen LogP contribution in [-0.2, 0) is 16.4 Å². The fraction of sp³-hybridized carbons (Fsp3) is 0.0870. The third kappa shape index (κ3) is 4.95. The summed E-state index contributed by atoms with van der Waals surface area (Å²) in [6.45, 7) is 0.188. The minimum atomic E-state index is -3.31. The van der Waals surface area contributed by atoms with E-state index < -0.39 is 9.84 Å². The first kappa shape index (κ1) is 21.5. The molecule has 0 bridgehead atoms. The molecule has 0 radical (unpaired) electrons. The molecule has 0 aliphatic carbocycles. The lowest BCUT2D eigenvalue weighted by molar-refractivity contribution is 0.305. The van der Waals surface area contributed by atoms with Crippen LogP contribution in [0.3, 0.4) is 0 Å². The van der Waals surface area contributed by atoms with Gasteiger partial charge in [-0.25, -0.2) is 17.8 Å². The fourth-order valence-corrected chi connectivity index (χ4v) is 4.82. The first-order chi connectivity index (χ1) is 14.8. The first-order valence-corrected chi connectivity index (χ1v) is 12.3. The number of halogens is 2. The van der Waals surface area contributed by atoms with Crippen molar-refractivity contribution in [2.24, 2.45) is 0 Å². The molecule has 0 amide bonds. The molecule has 158 valence electrons. The normalized spacial score (nSPS) is 11.5. The predicted molar refractivity (Wildman–Crippen MR) is 122 cm³/mol. The average Bonchev–Trinajstić information content (AvgIpc) is 3.16. The maximum Gasteiger partial charge on any atom is 0.175 e. The van der Waals surface area contributed by atoms with Gasteiger partial charge in [0.25, 0.3) is 0 Å². The van der Waals surface area contributed by atoms with Gasteiger partial charge < -0.3 is 4.74 Å². The highest BCUT2D eigenvalue weighted by Crippen LogP contribution is 2.38. The number of rotatable bonds is 6. The molecule has 8 heteroatoms. The molecule has 4 rings (SSSR count). The summed E-state index contributed by atoms with van der Waals surface area (Å²) < 4.78 is 43.9. The quantitative estimate of drug-likeness (QED) is 0.332. The Kier molecular flexibility index (Phi) is 6.09. The van der Waals surface area contributed by atoms with E-state index in [2.05, 4.69) is 4.98 Å². The molecule has 1 heterocycles. The van der Waals surface area contributed by atoms with Crippen molar-refractivity contribution in [1.29, 1.82) is 0 Å². The van der Waals surface area contributed by atoms with Crippen LogP contribution in [0.4, 0.5) is 4.39 Å². The topological polar surface area (TPSA) is 56.3 Å². The molecule has 3 aromatic carbocycles. The molecule has 1 aromatic heterocycles. The summed E-state index contributed by atoms with van der Waals surface area (Å²) in [7, 11) is -3.31. The Morgan fingerprint density at radius 3 is 2.45 bits per heavy atom. The van der Waals surface area contributed by atoms with E-state index >= 15 is 0 Å². The van der Waals surface area contributed by atoms with Crippen molar-refractivity contribution in [1.82, 2.24) is 4.98 Å². The molecule has 31 heavy (non-hydrogen) atoms. The Bertz CT molecular complexity index is 1340. The summed E-state index contributed by atoms with van der Waals surface area (Å²) in [6, 6.07) is 19.9. The molecule has 4 nitrogen and oxygen atoms in total. The van der Waals surface area contributed by atoms with Crippen molar-refractivity contribution in [3.8, 4) is 27.4 Å². The van der Waals surface area contributed by atoms with Crippen LogP contribution in [-0.4, -0.2) is 19.7 Å². The van der Waals surface area contributed by atoms with Gasteiger partial charge in [0, 0.05) is 16.8 Å². The van der Waals surface area contributed by atoms with E-state index in [9.17, 15) is 12.8 Å². The van der Waals surface area contributed by atoms with Gasteiger partial charge in [-0.1, -0.05) is 41.9 Å². The first-order valence-electron chi connectivity index (χ1n) is 9.25. The number of sulfone groups is 1. The lowest BCUT2D eigenvalue weighted by atomic mass is 10.1. The van der Waals surface area contributed by atoms with Gasteiger partial charge in [0.05, 0.1) is 15.5 Å². The molecule has 0 spiro atoms. The SMILES string of the molecule is CS(=O)(=O)c1ccc(-c2sc(COc3cccc(Cl)c3)nc2-c2ccccc2F)cc1. The number of hydrogen-bond donors (Lipinski definition) is 0. The van der Waals surface area contributed by atoms with E-state index in [1.54, 1.807) is 54.6 Å². The number of nitrogens with zero attached hydrogens (tertiary/aromatic N) is 1. The zero-order chi connectivity index (χ0) is 22.0. The van der Waals surface area contributed by atoms with Crippen molar-refractivity contribution < 1.29 is 17.5 Å². The molecule has 0 aliphatic rings. The second-order valence-corrected chi connectivity index (χ2v) is 10.3. The summed E-state index contributed by atoms with van der Waals surface area (Å²) in [5.41, 5.74) is 1.60. The maximum absolute atomic E-state index is 14.5. The van der Waals surface area contributed by atoms with Gasteiger partial charge >= 0.3 is 0 Å². The Hall–Kier alpha value is -2.74. The summed E-state index contributed by atoms with van der Waals surface area (Å²) in [4.78, 5) is 5.58. The second-order valence-electron chi connectivity index (χ2n) is 6.81. The van der Waals surface area contributed by atoms with Gasteiger partial charge in [-0.3, -0.25) is 0 Å². The van der Waals surface area contributed by atoms with Crippen molar-refractivity contribution in [3.05, 3.63) is 88.6 Å². The Morgan fingerprint density at radius 1 is 1.03 bits per heavy atom. The van der Waals surface area contributed by atoms with E-state index in [4.69, 9.17) is 16.3 Å². The van der Waals surface area contributed by atoms with Crippen LogP contribution in [0.2, 0.25) is 5.02 Å². The summed E-state index contributed by atoms with van der Waals surface area (Å²) in [5, 5.41) is 1.22. The zero-order valence-corrected chi connectivity index (χ0v) is 18.8. The lowest BCUT2D eigenvalue weighted by Crippen LogP contribution is -1.96. The van der Waals surface area contributed by atoms with E-state index in [1.807, 2.05) is 0 Å². The van der Waals surface area contributed by atoms with Gasteiger partial charge in [0.1, 0.15) is 23.2 Å². The van der Waals surface area contributed by atoms with Crippen LogP contribution >= 0.6 is 22.9 Å². The Morgan fingerprint density at radius 2 is 1.77 bits per heavy atom. The Balaban J connectivity index is 1.73. The molecule has 0 saturated carbocycles. The largest absolute Gasteiger partial charge is 0.486 e. The third-order valence-electron chi connectivity index (χ3n) is 4.50. The monoisotopic (exact) mass is 473 g/mol. The van der Waals surface area contributed by atoms with Crippen molar-refractivity contribution in [3.63, 3.8) is 0 Å². The second kappa shape index (κ2) is 8.78. The van der Waals surface area contributed by atoms with E-state index in [-0.39, 0.29) is 17.3 Å². The smallest absolute Gasteiger partial charge is 0.175 e. The molecular formula is C23H17ClFNO3S2. The molecule has 0 fully saturated rings.